The molecule has 0 aliphatic heterocycles. The molecule has 5 heteroatoms. The van der Waals surface area contributed by atoms with E-state index in [1.54, 1.807) is 9.45 Å². The standard InChI is InChI=1S/C11H19OSi.2ClH.Ti/c1-12-13(2,3)10-6-9-11-7-4-5-8-11;;;/h4,7H,5-6,9-10H2,1-3H3;2*1H;/q;;;+2/p-2. The number of hydrogen-bond donors (Lipinski definition) is 0. The van der Waals surface area contributed by atoms with Gasteiger partial charge in [0.05, 0.1) is 0 Å². The fraction of sp³-hybridized carbons (Fsp3) is 0.636. The fourth-order valence-electron chi connectivity index (χ4n) is 1.59. The van der Waals surface area contributed by atoms with Gasteiger partial charge in [0.1, 0.15) is 0 Å². The van der Waals surface area contributed by atoms with Gasteiger partial charge < -0.3 is 24.8 Å². The van der Waals surface area contributed by atoms with Gasteiger partial charge in [-0.05, 0) is 0 Å². The minimum Gasteiger partial charge on any atom is -1.00 e. The van der Waals surface area contributed by atoms with E-state index >= 15 is 0 Å². The number of hydrogen-bond acceptors (Lipinski definition) is 1. The number of rotatable bonds is 5. The topological polar surface area (TPSA) is 9.23 Å². The number of halogens is 2. The Kier molecular flexibility index (Phi) is 10.8. The molecule has 0 saturated heterocycles. The molecule has 0 heterocycles. The summed E-state index contributed by atoms with van der Waals surface area (Å²) in [7, 11) is 0.535. The van der Waals surface area contributed by atoms with Gasteiger partial charge in [0.15, 0.2) is 0 Å². The average molecular weight is 314 g/mol. The van der Waals surface area contributed by atoms with Crippen molar-refractivity contribution in [1.29, 1.82) is 0 Å². The van der Waals surface area contributed by atoms with Gasteiger partial charge in [-0.25, -0.2) is 0 Å². The van der Waals surface area contributed by atoms with Gasteiger partial charge in [0.25, 0.3) is 0 Å². The Morgan fingerprint density at radius 2 is 2.00 bits per heavy atom. The van der Waals surface area contributed by atoms with Crippen molar-refractivity contribution in [2.75, 3.05) is 7.11 Å². The molecule has 0 spiro atoms. The molecule has 1 rings (SSSR count). The zero-order valence-electron chi connectivity index (χ0n) is 10.1. The molecule has 0 bridgehead atoms. The summed E-state index contributed by atoms with van der Waals surface area (Å²) >= 11 is 2.24. The second kappa shape index (κ2) is 8.96. The maximum atomic E-state index is 5.53. The van der Waals surface area contributed by atoms with Crippen molar-refractivity contribution >= 4 is 8.32 Å². The van der Waals surface area contributed by atoms with Crippen LogP contribution >= 0.6 is 0 Å². The molecule has 0 unspecified atom stereocenters. The third-order valence-corrected chi connectivity index (χ3v) is 6.29. The van der Waals surface area contributed by atoms with Crippen LogP contribution in [0.4, 0.5) is 0 Å². The van der Waals surface area contributed by atoms with Gasteiger partial charge in [-0.2, -0.15) is 0 Å². The molecule has 0 fully saturated rings. The zero-order chi connectivity index (χ0) is 10.6. The van der Waals surface area contributed by atoms with E-state index in [4.69, 9.17) is 4.43 Å². The Morgan fingerprint density at radius 3 is 2.44 bits per heavy atom. The van der Waals surface area contributed by atoms with Crippen molar-refractivity contribution < 1.29 is 49.7 Å². The van der Waals surface area contributed by atoms with Crippen LogP contribution in [0.15, 0.2) is 21.6 Å². The van der Waals surface area contributed by atoms with E-state index in [0.717, 1.165) is 0 Å². The van der Waals surface area contributed by atoms with Crippen LogP contribution in [0.2, 0.25) is 19.1 Å². The van der Waals surface area contributed by atoms with E-state index in [9.17, 15) is 0 Å². The molecule has 0 radical (unpaired) electrons. The van der Waals surface area contributed by atoms with Gasteiger partial charge in [-0.15, -0.1) is 0 Å². The molecule has 0 aromatic rings. The molecular formula is C11H19Cl2OSiTi. The van der Waals surface area contributed by atoms with Crippen molar-refractivity contribution in [2.24, 2.45) is 0 Å². The minimum absolute atomic E-state index is 0. The normalized spacial score (nSPS) is 14.8. The third kappa shape index (κ3) is 6.63. The first kappa shape index (κ1) is 19.3. The molecule has 0 aromatic heterocycles. The maximum absolute atomic E-state index is 5.53. The molecule has 0 atom stereocenters. The molecular weight excluding hydrogens is 295 g/mol. The van der Waals surface area contributed by atoms with Gasteiger partial charge in [0.2, 0.25) is 0 Å². The molecule has 0 aromatic carbocycles. The first-order valence-corrected chi connectivity index (χ1v) is 9.10. The second-order valence-electron chi connectivity index (χ2n) is 4.43. The van der Waals surface area contributed by atoms with Crippen molar-refractivity contribution in [1.82, 2.24) is 0 Å². The van der Waals surface area contributed by atoms with Crippen LogP contribution < -0.4 is 24.8 Å². The van der Waals surface area contributed by atoms with Crippen molar-refractivity contribution in [3.8, 4) is 0 Å². The minimum atomic E-state index is -1.32. The predicted octanol–water partition coefficient (Wildman–Crippen LogP) is -2.61. The van der Waals surface area contributed by atoms with Crippen LogP contribution in [0.5, 0.6) is 0 Å². The van der Waals surface area contributed by atoms with Crippen LogP contribution in [-0.2, 0) is 24.9 Å². The van der Waals surface area contributed by atoms with Crippen molar-refractivity contribution in [2.45, 2.75) is 38.4 Å². The molecule has 1 aliphatic carbocycles. The van der Waals surface area contributed by atoms with Gasteiger partial charge in [0, 0.05) is 0 Å². The average Bonchev–Trinajstić information content (AvgIpc) is 2.52. The quantitative estimate of drug-likeness (QED) is 0.505. The molecule has 1 nitrogen and oxygen atoms in total. The van der Waals surface area contributed by atoms with E-state index in [1.807, 2.05) is 7.11 Å². The Bertz CT molecular complexity index is 265. The van der Waals surface area contributed by atoms with Crippen molar-refractivity contribution in [3.05, 3.63) is 21.6 Å². The second-order valence-corrected chi connectivity index (χ2v) is 9.80. The Morgan fingerprint density at radius 1 is 1.38 bits per heavy atom. The van der Waals surface area contributed by atoms with E-state index in [0.29, 0.717) is 0 Å². The summed E-state index contributed by atoms with van der Waals surface area (Å²) in [4.78, 5) is 0. The summed E-state index contributed by atoms with van der Waals surface area (Å²) in [5.74, 6) is 0. The summed E-state index contributed by atoms with van der Waals surface area (Å²) in [6.45, 7) is 4.58. The Balaban J connectivity index is 0. The van der Waals surface area contributed by atoms with E-state index in [-0.39, 0.29) is 24.8 Å². The van der Waals surface area contributed by atoms with Crippen LogP contribution in [-0.4, -0.2) is 15.4 Å². The van der Waals surface area contributed by atoms with E-state index in [1.165, 1.54) is 25.3 Å². The van der Waals surface area contributed by atoms with E-state index < -0.39 is 8.32 Å². The first-order valence-electron chi connectivity index (χ1n) is 5.20. The van der Waals surface area contributed by atoms with Crippen molar-refractivity contribution in [3.63, 3.8) is 0 Å². The summed E-state index contributed by atoms with van der Waals surface area (Å²) in [5, 5.41) is 0. The number of allylic oxidation sites excluding steroid dienone is 4. The molecule has 16 heavy (non-hydrogen) atoms. The maximum Gasteiger partial charge on any atom is -1.00 e. The molecule has 1 aliphatic rings. The van der Waals surface area contributed by atoms with Gasteiger partial charge in [-0.3, -0.25) is 0 Å². The molecule has 0 saturated carbocycles. The largest absolute Gasteiger partial charge is 1.00 e. The first-order chi connectivity index (χ1) is 6.55. The summed E-state index contributed by atoms with van der Waals surface area (Å²) in [6, 6.07) is 1.27. The van der Waals surface area contributed by atoms with Gasteiger partial charge >= 0.3 is 100 Å². The predicted molar refractivity (Wildman–Crippen MR) is 59.3 cm³/mol. The zero-order valence-corrected chi connectivity index (χ0v) is 14.2. The molecule has 91 valence electrons. The monoisotopic (exact) mass is 313 g/mol. The van der Waals surface area contributed by atoms with Crippen LogP contribution in [0.25, 0.3) is 0 Å². The SMILES string of the molecule is CO[Si](C)(C)CCCC1=[C]([Ti+2])CC=C1.[Cl-].[Cl-]. The molecule has 0 amide bonds. The van der Waals surface area contributed by atoms with Crippen LogP contribution in [0.3, 0.4) is 0 Å². The smallest absolute Gasteiger partial charge is 1.00 e. The van der Waals surface area contributed by atoms with E-state index in [2.05, 4.69) is 45.7 Å². The van der Waals surface area contributed by atoms with Crippen LogP contribution in [0, 0.1) is 0 Å². The fourth-order valence-corrected chi connectivity index (χ4v) is 3.33. The Hall–Kier alpha value is 0.951. The van der Waals surface area contributed by atoms with Gasteiger partial charge in [-0.1, -0.05) is 0 Å². The summed E-state index contributed by atoms with van der Waals surface area (Å²) in [5.41, 5.74) is 1.56. The Labute approximate surface area is 124 Å². The molecule has 0 N–H and O–H groups in total. The van der Waals surface area contributed by atoms with Crippen LogP contribution in [0.1, 0.15) is 19.3 Å². The third-order valence-electron chi connectivity index (χ3n) is 2.81. The summed E-state index contributed by atoms with van der Waals surface area (Å²) in [6.07, 6.45) is 8.24. The summed E-state index contributed by atoms with van der Waals surface area (Å²) < 4.78 is 7.09.